The van der Waals surface area contributed by atoms with Crippen molar-refractivity contribution in [1.82, 2.24) is 20.2 Å². The summed E-state index contributed by atoms with van der Waals surface area (Å²) < 4.78 is 1.25. The number of amides is 1. The zero-order valence-corrected chi connectivity index (χ0v) is 20.5. The number of likely N-dealkylation sites (tertiary alicyclic amines) is 1. The lowest BCUT2D eigenvalue weighted by atomic mass is 10.0. The van der Waals surface area contributed by atoms with E-state index in [9.17, 15) is 4.79 Å². The first kappa shape index (κ1) is 22.0. The van der Waals surface area contributed by atoms with Gasteiger partial charge in [0, 0.05) is 25.8 Å². The number of anilines is 1. The molecule has 2 aromatic heterocycles. The van der Waals surface area contributed by atoms with Gasteiger partial charge in [-0.1, -0.05) is 48.1 Å². The Kier molecular flexibility index (Phi) is 6.22. The first-order valence-electron chi connectivity index (χ1n) is 12.9. The molecule has 6 rings (SSSR count). The van der Waals surface area contributed by atoms with E-state index < -0.39 is 0 Å². The molecule has 1 amide bonds. The fourth-order valence-corrected chi connectivity index (χ4v) is 6.76. The van der Waals surface area contributed by atoms with Crippen LogP contribution in [-0.2, 0) is 17.9 Å². The zero-order chi connectivity index (χ0) is 22.9. The fraction of sp³-hybridized carbons (Fsp3) is 0.519. The summed E-state index contributed by atoms with van der Waals surface area (Å²) in [5.74, 6) is 0.754. The van der Waals surface area contributed by atoms with Gasteiger partial charge in [0.15, 0.2) is 10.8 Å². The summed E-state index contributed by atoms with van der Waals surface area (Å²) in [7, 11) is 0. The molecule has 2 saturated heterocycles. The summed E-state index contributed by atoms with van der Waals surface area (Å²) in [6.07, 6.45) is 10.5. The lowest BCUT2D eigenvalue weighted by Gasteiger charge is -2.27. The SMILES string of the molecule is O=C(NCc1ccccc1)[C@H]1CCCN1c1nc2ncc(CN3CCCCC3)c(C3CC3)c2s1. The molecule has 1 aromatic carbocycles. The molecule has 3 aromatic rings. The van der Waals surface area contributed by atoms with Crippen molar-refractivity contribution in [3.8, 4) is 0 Å². The third kappa shape index (κ3) is 4.56. The molecule has 6 nitrogen and oxygen atoms in total. The molecule has 1 atom stereocenters. The normalized spacial score (nSPS) is 21.3. The third-order valence-corrected chi connectivity index (χ3v) is 8.59. The largest absolute Gasteiger partial charge is 0.350 e. The highest BCUT2D eigenvalue weighted by molar-refractivity contribution is 7.22. The third-order valence-electron chi connectivity index (χ3n) is 7.47. The summed E-state index contributed by atoms with van der Waals surface area (Å²) in [5, 5.41) is 4.10. The second kappa shape index (κ2) is 9.62. The van der Waals surface area contributed by atoms with Crippen molar-refractivity contribution < 1.29 is 4.79 Å². The highest BCUT2D eigenvalue weighted by Crippen LogP contribution is 2.47. The molecule has 1 N–H and O–H groups in total. The van der Waals surface area contributed by atoms with Crippen molar-refractivity contribution in [3.63, 3.8) is 0 Å². The Morgan fingerprint density at radius 3 is 2.65 bits per heavy atom. The molecule has 178 valence electrons. The quantitative estimate of drug-likeness (QED) is 0.530. The van der Waals surface area contributed by atoms with Crippen LogP contribution in [0.25, 0.3) is 10.3 Å². The Morgan fingerprint density at radius 2 is 1.85 bits per heavy atom. The van der Waals surface area contributed by atoms with E-state index in [0.717, 1.165) is 42.3 Å². The summed E-state index contributed by atoms with van der Waals surface area (Å²) in [6, 6.07) is 9.96. The number of hydrogen-bond acceptors (Lipinski definition) is 6. The molecular weight excluding hydrogens is 442 g/mol. The van der Waals surface area contributed by atoms with Crippen LogP contribution in [-0.4, -0.2) is 46.5 Å². The number of pyridine rings is 1. The topological polar surface area (TPSA) is 61.4 Å². The minimum atomic E-state index is -0.151. The van der Waals surface area contributed by atoms with Crippen molar-refractivity contribution >= 4 is 32.7 Å². The maximum atomic E-state index is 13.1. The van der Waals surface area contributed by atoms with E-state index in [1.54, 1.807) is 11.3 Å². The highest BCUT2D eigenvalue weighted by Gasteiger charge is 2.35. The van der Waals surface area contributed by atoms with E-state index >= 15 is 0 Å². The maximum absolute atomic E-state index is 13.1. The number of nitrogens with one attached hydrogen (secondary N) is 1. The van der Waals surface area contributed by atoms with Crippen molar-refractivity contribution in [2.45, 2.75) is 70.0 Å². The molecular formula is C27H33N5OS. The minimum absolute atomic E-state index is 0.0989. The number of benzene rings is 1. The predicted octanol–water partition coefficient (Wildman–Crippen LogP) is 4.84. The Bertz CT molecular complexity index is 1150. The van der Waals surface area contributed by atoms with E-state index in [0.29, 0.717) is 12.5 Å². The molecule has 1 saturated carbocycles. The van der Waals surface area contributed by atoms with Gasteiger partial charge in [0.2, 0.25) is 5.91 Å². The molecule has 0 unspecified atom stereocenters. The number of carbonyl (C=O) groups is 1. The number of piperidine rings is 1. The maximum Gasteiger partial charge on any atom is 0.243 e. The van der Waals surface area contributed by atoms with Gasteiger partial charge in [-0.3, -0.25) is 9.69 Å². The Morgan fingerprint density at radius 1 is 1.03 bits per heavy atom. The van der Waals surface area contributed by atoms with E-state index in [4.69, 9.17) is 9.97 Å². The van der Waals surface area contributed by atoms with E-state index in [2.05, 4.69) is 21.3 Å². The van der Waals surface area contributed by atoms with Crippen LogP contribution in [0.3, 0.4) is 0 Å². The van der Waals surface area contributed by atoms with Gasteiger partial charge in [0.25, 0.3) is 0 Å². The van der Waals surface area contributed by atoms with Gasteiger partial charge in [-0.2, -0.15) is 4.98 Å². The van der Waals surface area contributed by atoms with Gasteiger partial charge in [-0.05, 0) is 74.2 Å². The van der Waals surface area contributed by atoms with Crippen LogP contribution < -0.4 is 10.2 Å². The average molecular weight is 476 g/mol. The number of thiazole rings is 1. The van der Waals surface area contributed by atoms with Crippen molar-refractivity contribution in [1.29, 1.82) is 0 Å². The fourth-order valence-electron chi connectivity index (χ4n) is 5.52. The van der Waals surface area contributed by atoms with Gasteiger partial charge in [-0.15, -0.1) is 0 Å². The molecule has 3 aliphatic rings. The van der Waals surface area contributed by atoms with Crippen LogP contribution in [0.4, 0.5) is 5.13 Å². The summed E-state index contributed by atoms with van der Waals surface area (Å²) in [4.78, 5) is 27.6. The highest BCUT2D eigenvalue weighted by atomic mass is 32.1. The van der Waals surface area contributed by atoms with Crippen LogP contribution in [0.5, 0.6) is 0 Å². The molecule has 0 spiro atoms. The monoisotopic (exact) mass is 475 g/mol. The minimum Gasteiger partial charge on any atom is -0.350 e. The van der Waals surface area contributed by atoms with E-state index in [1.807, 2.05) is 30.3 Å². The lowest BCUT2D eigenvalue weighted by molar-refractivity contribution is -0.122. The number of carbonyl (C=O) groups excluding carboxylic acids is 1. The number of fused-ring (bicyclic) bond motifs is 1. The Hall–Kier alpha value is -2.51. The predicted molar refractivity (Wildman–Crippen MR) is 137 cm³/mol. The van der Waals surface area contributed by atoms with Crippen molar-refractivity contribution in [2.24, 2.45) is 0 Å². The standard InChI is InChI=1S/C27H33N5OS/c33-26(29-16-19-8-3-1-4-9-19)22-10-7-15-32(22)27-30-25-24(34-27)23(20-11-12-20)21(17-28-25)18-31-13-5-2-6-14-31/h1,3-4,8-9,17,20,22H,2,5-7,10-16,18H2,(H,29,33)/t22-/m1/s1. The van der Waals surface area contributed by atoms with Gasteiger partial charge in [0.05, 0.1) is 4.70 Å². The van der Waals surface area contributed by atoms with Gasteiger partial charge < -0.3 is 10.2 Å². The average Bonchev–Trinajstić information content (AvgIpc) is 3.42. The molecule has 0 radical (unpaired) electrons. The molecule has 34 heavy (non-hydrogen) atoms. The van der Waals surface area contributed by atoms with E-state index in [1.165, 1.54) is 61.0 Å². The van der Waals surface area contributed by atoms with Gasteiger partial charge in [0.1, 0.15) is 6.04 Å². The summed E-state index contributed by atoms with van der Waals surface area (Å²) >= 11 is 1.76. The molecule has 4 heterocycles. The smallest absolute Gasteiger partial charge is 0.243 e. The van der Waals surface area contributed by atoms with Crippen LogP contribution in [0.2, 0.25) is 0 Å². The van der Waals surface area contributed by atoms with Gasteiger partial charge in [-0.25, -0.2) is 4.98 Å². The Labute approximate surface area is 205 Å². The van der Waals surface area contributed by atoms with Crippen LogP contribution in [0.1, 0.15) is 67.6 Å². The molecule has 1 aliphatic carbocycles. The number of nitrogens with zero attached hydrogens (tertiary/aromatic N) is 4. The van der Waals surface area contributed by atoms with Crippen molar-refractivity contribution in [2.75, 3.05) is 24.5 Å². The number of rotatable bonds is 7. The summed E-state index contributed by atoms with van der Waals surface area (Å²) in [5.41, 5.74) is 4.87. The second-order valence-corrected chi connectivity index (χ2v) is 11.0. The lowest BCUT2D eigenvalue weighted by Crippen LogP contribution is -2.43. The number of hydrogen-bond donors (Lipinski definition) is 1. The summed E-state index contributed by atoms with van der Waals surface area (Å²) in [6.45, 7) is 4.85. The zero-order valence-electron chi connectivity index (χ0n) is 19.7. The second-order valence-electron chi connectivity index (χ2n) is 10.0. The molecule has 7 heteroatoms. The van der Waals surface area contributed by atoms with Gasteiger partial charge >= 0.3 is 0 Å². The first-order chi connectivity index (χ1) is 16.8. The molecule has 3 fully saturated rings. The number of aromatic nitrogens is 2. The Balaban J connectivity index is 1.23. The van der Waals surface area contributed by atoms with Crippen LogP contribution >= 0.6 is 11.3 Å². The van der Waals surface area contributed by atoms with Crippen LogP contribution in [0.15, 0.2) is 36.5 Å². The molecule has 2 aliphatic heterocycles. The van der Waals surface area contributed by atoms with Crippen LogP contribution in [0, 0.1) is 0 Å². The molecule has 0 bridgehead atoms. The van der Waals surface area contributed by atoms with E-state index in [-0.39, 0.29) is 11.9 Å². The van der Waals surface area contributed by atoms with Crippen molar-refractivity contribution in [3.05, 3.63) is 53.2 Å². The first-order valence-corrected chi connectivity index (χ1v) is 13.7.